The first-order chi connectivity index (χ1) is 58.9. The van der Waals surface area contributed by atoms with Crippen LogP contribution in [0.1, 0.15) is 18.4 Å². The Kier molecular flexibility index (Phi) is 31.3. The number of halogens is 2. The summed E-state index contributed by atoms with van der Waals surface area (Å²) in [5.74, 6) is 6.85. The van der Waals surface area contributed by atoms with Gasteiger partial charge in [-0.2, -0.15) is 0 Å². The highest BCUT2D eigenvalue weighted by Gasteiger charge is 2.20. The molecule has 3 aromatic carbocycles. The van der Waals surface area contributed by atoms with Gasteiger partial charge in [-0.3, -0.25) is 24.7 Å². The van der Waals surface area contributed by atoms with Crippen LogP contribution in [0.15, 0.2) is 343 Å². The molecule has 37 heteroatoms. The zero-order chi connectivity index (χ0) is 82.9. The Labute approximate surface area is 710 Å². The molecule has 1 fully saturated rings. The number of aryl methyl sites for hydroxylation is 1. The van der Waals surface area contributed by atoms with E-state index in [1.807, 2.05) is 134 Å². The molecule has 29 nitrogen and oxygen atoms in total. The van der Waals surface area contributed by atoms with Crippen LogP contribution in [-0.4, -0.2) is 132 Å². The maximum atomic E-state index is 13.0. The number of hydrogen-bond acceptors (Lipinski definition) is 33. The molecule has 0 bridgehead atoms. The van der Waals surface area contributed by atoms with Crippen LogP contribution in [0, 0.1) is 17.6 Å². The number of hydrogen-bond donors (Lipinski definition) is 4. The van der Waals surface area contributed by atoms with Crippen LogP contribution in [0.25, 0.3) is 79.9 Å². The van der Waals surface area contributed by atoms with Gasteiger partial charge in [0, 0.05) is 179 Å². The number of aromatic amines is 1. The van der Waals surface area contributed by atoms with Crippen molar-refractivity contribution < 1.29 is 35.3 Å². The first-order valence-corrected chi connectivity index (χ1v) is 42.9. The molecule has 16 aromatic rings. The van der Waals surface area contributed by atoms with E-state index in [2.05, 4.69) is 125 Å². The molecule has 2 aliphatic heterocycles. The molecule has 120 heavy (non-hydrogen) atoms. The summed E-state index contributed by atoms with van der Waals surface area (Å²) >= 11 is 8.83. The third kappa shape index (κ3) is 26.1. The topological polar surface area (TPSA) is 372 Å². The van der Waals surface area contributed by atoms with E-state index in [1.165, 1.54) is 90.0 Å². The Morgan fingerprint density at radius 3 is 1.55 bits per heavy atom. The number of para-hydroxylation sites is 1. The summed E-state index contributed by atoms with van der Waals surface area (Å²) in [6.45, 7) is 9.65. The van der Waals surface area contributed by atoms with E-state index in [1.54, 1.807) is 116 Å². The van der Waals surface area contributed by atoms with Gasteiger partial charge in [0.05, 0.1) is 0 Å². The molecule has 2 aliphatic rings. The minimum absolute atomic E-state index is 0.230. The minimum atomic E-state index is -0.276. The Bertz CT molecular complexity index is 5980. The summed E-state index contributed by atoms with van der Waals surface area (Å²) < 4.78 is 61.3. The summed E-state index contributed by atoms with van der Waals surface area (Å²) in [6, 6.07) is 46.0. The summed E-state index contributed by atoms with van der Waals surface area (Å²) in [4.78, 5) is 34.0. The number of thioether (sulfide) groups is 6. The molecule has 0 aliphatic carbocycles. The average molecular weight is 1720 g/mol. The van der Waals surface area contributed by atoms with Gasteiger partial charge in [-0.25, -0.2) is 13.8 Å². The molecule has 1 atom stereocenters. The van der Waals surface area contributed by atoms with Gasteiger partial charge in [0.2, 0.25) is 40.9 Å². The maximum absolute atomic E-state index is 13.0. The first-order valence-electron chi connectivity index (χ1n) is 36.5. The zero-order valence-corrected chi connectivity index (χ0v) is 68.8. The predicted octanol–water partition coefficient (Wildman–Crippen LogP) is 18.4. The van der Waals surface area contributed by atoms with Crippen LogP contribution in [0.4, 0.5) is 20.3 Å². The molecule has 18 rings (SSSR count). The number of pyridine rings is 6. The molecular weight excluding hydrogens is 1650 g/mol. The summed E-state index contributed by atoms with van der Waals surface area (Å²) in [5.41, 5.74) is 11.4. The van der Waals surface area contributed by atoms with Gasteiger partial charge >= 0.3 is 0 Å². The molecule has 4 N–H and O–H groups in total. The highest BCUT2D eigenvalue weighted by atomic mass is 32.2. The predicted molar refractivity (Wildman–Crippen MR) is 459 cm³/mol. The maximum Gasteiger partial charge on any atom is 0.277 e. The van der Waals surface area contributed by atoms with Crippen molar-refractivity contribution in [3.63, 3.8) is 0 Å². The van der Waals surface area contributed by atoms with Gasteiger partial charge < -0.3 is 52.0 Å². The van der Waals surface area contributed by atoms with Crippen molar-refractivity contribution >= 4 is 82.1 Å². The summed E-state index contributed by atoms with van der Waals surface area (Å²) in [5, 5.41) is 60.8. The zero-order valence-electron chi connectivity index (χ0n) is 63.9. The second kappa shape index (κ2) is 44.4. The highest BCUT2D eigenvalue weighted by Crippen LogP contribution is 2.34. The van der Waals surface area contributed by atoms with Crippen LogP contribution >= 0.6 is 70.6 Å². The normalized spacial score (nSPS) is 12.6. The fourth-order valence-corrected chi connectivity index (χ4v) is 14.2. The van der Waals surface area contributed by atoms with E-state index in [0.717, 1.165) is 110 Å². The van der Waals surface area contributed by atoms with Crippen molar-refractivity contribution in [2.24, 2.45) is 5.92 Å². The second-order valence-corrected chi connectivity index (χ2v) is 30.4. The lowest BCUT2D eigenvalue weighted by Crippen LogP contribution is -2.28. The molecule has 0 radical (unpaired) electrons. The first kappa shape index (κ1) is 84.7. The van der Waals surface area contributed by atoms with Crippen LogP contribution in [-0.2, 0) is 12.3 Å². The van der Waals surface area contributed by atoms with Crippen LogP contribution in [0.3, 0.4) is 0 Å². The second-order valence-electron chi connectivity index (χ2n) is 25.0. The molecule has 606 valence electrons. The molecule has 1 saturated heterocycles. The molecule has 1 unspecified atom stereocenters. The monoisotopic (exact) mass is 1720 g/mol. The largest absolute Gasteiger partial charge is 0.411 e. The number of H-pyrrole nitrogens is 1. The molecule has 0 amide bonds. The number of anilines is 2. The van der Waals surface area contributed by atoms with Gasteiger partial charge in [-0.05, 0) is 163 Å². The summed E-state index contributed by atoms with van der Waals surface area (Å²) in [7, 11) is 0. The number of aromatic nitrogens is 19. The van der Waals surface area contributed by atoms with E-state index in [4.69, 9.17) is 26.5 Å². The quantitative estimate of drug-likeness (QED) is 0.0408. The lowest BCUT2D eigenvalue weighted by atomic mass is 10.0. The molecular formula is C83H72F2N22O7S6. The smallest absolute Gasteiger partial charge is 0.277 e. The third-order valence-electron chi connectivity index (χ3n) is 16.6. The van der Waals surface area contributed by atoms with E-state index < -0.39 is 0 Å². The number of nitrogens with one attached hydrogen (secondary N) is 4. The van der Waals surface area contributed by atoms with Crippen molar-refractivity contribution in [1.82, 2.24) is 106 Å². The Balaban J connectivity index is 0.000000124. The summed E-state index contributed by atoms with van der Waals surface area (Å²) in [6.07, 6.45) is 32.8. The van der Waals surface area contributed by atoms with Crippen molar-refractivity contribution in [3.05, 3.63) is 308 Å². The minimum Gasteiger partial charge on any atom is -0.411 e. The van der Waals surface area contributed by atoms with Crippen LogP contribution in [0.2, 0.25) is 0 Å². The van der Waals surface area contributed by atoms with Crippen molar-refractivity contribution in [2.45, 2.75) is 56.5 Å². The lowest BCUT2D eigenvalue weighted by molar-refractivity contribution is 0.446. The standard InChI is InChI=1S/C14H10FN3O2S.C14H10FN3OS.C14H16N4OS.2C14H12N4OS.C13H12N4OS/c15-11-3-1-9(2-4-11)8-21-14-18-17-13(20-14)10-5-6-16-12(19)7-10;1-20-14-18-17-13(19-14)11-6-7-16-8-12(11)9-2-4-10(15)5-3-9;2*1-10-2-3-11(8-16-10)9-20-14-18-17-13(19-14)12-4-6-15-7-5-12;1-20-14-18-17-13(19-14)10-7-8-15-12(9-10)16-11-5-3-2-4-6-11;1-2-8-17(7-1)9-10-19-13-16-15-12(18-13)11-3-5-14-6-4-11/h1-7H,8H2,(H,16,19);2-8H,1H3;4-7,11,16H,1-3,8-9H2;2-8,16H,1,9H2;2-9H,1H3,(H,15,16);1-8H,9-10H2. The van der Waals surface area contributed by atoms with Crippen molar-refractivity contribution in [2.75, 3.05) is 41.6 Å². The fraction of sp³-hybridized carbons (Fsp3) is 0.133. The van der Waals surface area contributed by atoms with Crippen LogP contribution < -0.4 is 21.5 Å². The Morgan fingerprint density at radius 2 is 1.00 bits per heavy atom. The van der Waals surface area contributed by atoms with Crippen LogP contribution in [0.5, 0.6) is 0 Å². The number of piperidine rings is 1. The van der Waals surface area contributed by atoms with Gasteiger partial charge in [0.15, 0.2) is 0 Å². The Morgan fingerprint density at radius 1 is 0.492 bits per heavy atom. The van der Waals surface area contributed by atoms with E-state index in [9.17, 15) is 13.6 Å². The Hall–Kier alpha value is -13.2. The van der Waals surface area contributed by atoms with E-state index in [-0.39, 0.29) is 17.2 Å². The highest BCUT2D eigenvalue weighted by molar-refractivity contribution is 7.99. The van der Waals surface area contributed by atoms with Crippen molar-refractivity contribution in [1.29, 1.82) is 0 Å². The molecule has 15 heterocycles. The molecule has 13 aromatic heterocycles. The molecule has 0 saturated carbocycles. The number of dihydropyridines is 1. The number of rotatable bonds is 24. The fourth-order valence-electron chi connectivity index (χ4n) is 10.5. The lowest BCUT2D eigenvalue weighted by Gasteiger charge is -2.24. The van der Waals surface area contributed by atoms with E-state index >= 15 is 0 Å². The van der Waals surface area contributed by atoms with Crippen molar-refractivity contribution in [3.8, 4) is 79.9 Å². The van der Waals surface area contributed by atoms with E-state index in [0.29, 0.717) is 83.9 Å². The van der Waals surface area contributed by atoms with Gasteiger partial charge in [0.25, 0.3) is 31.3 Å². The number of nitrogens with zero attached hydrogens (tertiary/aromatic N) is 18. The molecule has 0 spiro atoms. The van der Waals surface area contributed by atoms with Gasteiger partial charge in [0.1, 0.15) is 17.5 Å². The average Bonchev–Trinajstić information content (AvgIpc) is 1.44. The van der Waals surface area contributed by atoms with Gasteiger partial charge in [-0.15, -0.1) is 61.2 Å². The SMILES string of the molecule is C=C1C=CC(CSc2nnc(-c3ccncc3)o2)=CN1.C=C1CCC(CSc2nnc(-c3ccncc3)o2)CN1.CSc1nnc(-c2ccnc(Nc3ccccc3)c2)o1.CSc1nnc(-c2ccncc2-c2ccc(F)cc2)o1.O=c1cc(-c2nnc(SCc3ccc(F)cc3)o2)cc[nH]1.c1ccn(CCSc2nnc(-c3ccncc3)o2)c1. The third-order valence-corrected chi connectivity index (χ3v) is 21.3. The number of allylic oxidation sites excluding steroid dienone is 3. The number of benzene rings is 3. The van der Waals surface area contributed by atoms with Gasteiger partial charge in [-0.1, -0.05) is 132 Å².